The van der Waals surface area contributed by atoms with Gasteiger partial charge in [0, 0.05) is 41.9 Å². The zero-order valence-corrected chi connectivity index (χ0v) is 20.7. The summed E-state index contributed by atoms with van der Waals surface area (Å²) in [7, 11) is -0.678. The summed E-state index contributed by atoms with van der Waals surface area (Å²) in [5, 5.41) is 9.45. The van der Waals surface area contributed by atoms with E-state index in [1.807, 2.05) is 42.0 Å². The van der Waals surface area contributed by atoms with E-state index in [1.165, 1.54) is 19.4 Å². The highest BCUT2D eigenvalue weighted by Gasteiger charge is 2.33. The molecule has 5 rings (SSSR count). The van der Waals surface area contributed by atoms with Crippen molar-refractivity contribution in [3.05, 3.63) is 54.6 Å². The third-order valence-corrected chi connectivity index (χ3v) is 10.2. The van der Waals surface area contributed by atoms with Crippen molar-refractivity contribution in [3.63, 3.8) is 0 Å². The number of ether oxygens (including phenoxy) is 1. The van der Waals surface area contributed by atoms with Gasteiger partial charge >= 0.3 is 0 Å². The molecule has 0 spiro atoms. The average molecular weight is 503 g/mol. The summed E-state index contributed by atoms with van der Waals surface area (Å²) in [4.78, 5) is 4.39. The second-order valence-corrected chi connectivity index (χ2v) is 12.6. The standard InChI is InChI=1S/C21H22N6O3S3/c1-21(31-8-9-32-21)15-11-24-27(13-15)18-7-5-16(12-22-18)33(28,29)25-19-17(30-3)6-4-14-10-23-26(2)20(14)19/h4-7,10-13,25H,8-9H2,1-3H3. The molecule has 0 radical (unpaired) electrons. The molecule has 33 heavy (non-hydrogen) atoms. The first-order valence-corrected chi connectivity index (χ1v) is 13.6. The van der Waals surface area contributed by atoms with Gasteiger partial charge in [-0.2, -0.15) is 10.2 Å². The highest BCUT2D eigenvalue weighted by molar-refractivity contribution is 8.20. The fraction of sp³-hybridized carbons (Fsp3) is 0.286. The number of sulfonamides is 1. The lowest BCUT2D eigenvalue weighted by Gasteiger charge is -2.19. The van der Waals surface area contributed by atoms with Crippen molar-refractivity contribution in [2.75, 3.05) is 23.3 Å². The summed E-state index contributed by atoms with van der Waals surface area (Å²) in [6.07, 6.45) is 6.80. The first kappa shape index (κ1) is 22.1. The van der Waals surface area contributed by atoms with Crippen molar-refractivity contribution < 1.29 is 13.2 Å². The Morgan fingerprint density at radius 1 is 1.09 bits per heavy atom. The Kier molecular flexibility index (Phi) is 5.53. The lowest BCUT2D eigenvalue weighted by Crippen LogP contribution is -2.15. The number of hydrogen-bond acceptors (Lipinski definition) is 8. The number of anilines is 1. The van der Waals surface area contributed by atoms with E-state index in [9.17, 15) is 8.42 Å². The van der Waals surface area contributed by atoms with Gasteiger partial charge in [-0.3, -0.25) is 9.40 Å². The van der Waals surface area contributed by atoms with E-state index in [2.05, 4.69) is 26.8 Å². The van der Waals surface area contributed by atoms with E-state index >= 15 is 0 Å². The van der Waals surface area contributed by atoms with Crippen molar-refractivity contribution in [1.82, 2.24) is 24.5 Å². The quantitative estimate of drug-likeness (QED) is 0.426. The number of hydrogen-bond donors (Lipinski definition) is 1. The Hall–Kier alpha value is -2.70. The lowest BCUT2D eigenvalue weighted by molar-refractivity contribution is 0.417. The molecule has 4 heterocycles. The minimum atomic E-state index is -3.92. The largest absolute Gasteiger partial charge is 0.494 e. The van der Waals surface area contributed by atoms with Gasteiger partial charge < -0.3 is 4.74 Å². The van der Waals surface area contributed by atoms with Gasteiger partial charge in [-0.1, -0.05) is 0 Å². The molecule has 1 saturated heterocycles. The van der Waals surface area contributed by atoms with Crippen molar-refractivity contribution in [3.8, 4) is 11.6 Å². The fourth-order valence-corrected chi connectivity index (χ4v) is 7.59. The molecule has 3 aromatic heterocycles. The van der Waals surface area contributed by atoms with Crippen LogP contribution in [-0.4, -0.2) is 51.6 Å². The maximum absolute atomic E-state index is 13.2. The molecule has 1 fully saturated rings. The van der Waals surface area contributed by atoms with Crippen LogP contribution in [0.15, 0.2) is 53.9 Å². The molecule has 1 N–H and O–H groups in total. The van der Waals surface area contributed by atoms with Gasteiger partial charge in [0.05, 0.1) is 29.1 Å². The summed E-state index contributed by atoms with van der Waals surface area (Å²) in [6, 6.07) is 6.70. The summed E-state index contributed by atoms with van der Waals surface area (Å²) in [5.41, 5.74) is 2.07. The second kappa shape index (κ2) is 8.26. The smallest absolute Gasteiger partial charge is 0.263 e. The van der Waals surface area contributed by atoms with E-state index in [4.69, 9.17) is 4.74 Å². The topological polar surface area (TPSA) is 104 Å². The highest BCUT2D eigenvalue weighted by Crippen LogP contribution is 2.51. The molecule has 1 aliphatic heterocycles. The van der Waals surface area contributed by atoms with E-state index in [0.29, 0.717) is 22.8 Å². The lowest BCUT2D eigenvalue weighted by atomic mass is 10.2. The predicted octanol–water partition coefficient (Wildman–Crippen LogP) is 3.62. The number of nitrogens with zero attached hydrogens (tertiary/aromatic N) is 5. The van der Waals surface area contributed by atoms with Crippen LogP contribution in [0, 0.1) is 0 Å². The minimum absolute atomic E-state index is 0.0165. The summed E-state index contributed by atoms with van der Waals surface area (Å²) in [5.74, 6) is 3.17. The van der Waals surface area contributed by atoms with Crippen LogP contribution in [0.4, 0.5) is 5.69 Å². The monoisotopic (exact) mass is 502 g/mol. The number of aromatic nitrogens is 5. The zero-order chi connectivity index (χ0) is 23.2. The molecule has 1 aromatic carbocycles. The van der Waals surface area contributed by atoms with Crippen molar-refractivity contribution >= 4 is 50.1 Å². The number of rotatable bonds is 6. The molecular formula is C21H22N6O3S3. The van der Waals surface area contributed by atoms with Crippen molar-refractivity contribution in [1.29, 1.82) is 0 Å². The van der Waals surface area contributed by atoms with Crippen LogP contribution < -0.4 is 9.46 Å². The zero-order valence-electron chi connectivity index (χ0n) is 18.2. The van der Waals surface area contributed by atoms with Crippen LogP contribution in [0.1, 0.15) is 12.5 Å². The van der Waals surface area contributed by atoms with Gasteiger partial charge in [-0.25, -0.2) is 18.1 Å². The van der Waals surface area contributed by atoms with Crippen LogP contribution in [0.25, 0.3) is 16.7 Å². The van der Waals surface area contributed by atoms with Gasteiger partial charge in [-0.15, -0.1) is 23.5 Å². The number of aryl methyl sites for hydroxylation is 1. The van der Waals surface area contributed by atoms with Gasteiger partial charge in [-0.05, 0) is 31.2 Å². The van der Waals surface area contributed by atoms with E-state index in [0.717, 1.165) is 22.5 Å². The van der Waals surface area contributed by atoms with Crippen LogP contribution in [0.5, 0.6) is 5.75 Å². The molecule has 9 nitrogen and oxygen atoms in total. The van der Waals surface area contributed by atoms with Gasteiger partial charge in [0.25, 0.3) is 10.0 Å². The second-order valence-electron chi connectivity index (χ2n) is 7.62. The molecule has 172 valence electrons. The highest BCUT2D eigenvalue weighted by atomic mass is 32.2. The Bertz CT molecular complexity index is 1420. The number of nitrogens with one attached hydrogen (secondary N) is 1. The molecule has 1 aliphatic rings. The summed E-state index contributed by atoms with van der Waals surface area (Å²) < 4.78 is 37.6. The molecule has 0 bridgehead atoms. The Morgan fingerprint density at radius 2 is 1.88 bits per heavy atom. The molecule has 0 amide bonds. The molecule has 12 heteroatoms. The molecule has 0 atom stereocenters. The third kappa shape index (κ3) is 3.96. The van der Waals surface area contributed by atoms with Crippen molar-refractivity contribution in [2.24, 2.45) is 7.05 Å². The van der Waals surface area contributed by atoms with Crippen LogP contribution in [0.3, 0.4) is 0 Å². The van der Waals surface area contributed by atoms with Crippen LogP contribution in [-0.2, 0) is 21.2 Å². The Morgan fingerprint density at radius 3 is 2.58 bits per heavy atom. The minimum Gasteiger partial charge on any atom is -0.494 e. The maximum atomic E-state index is 13.2. The first-order valence-electron chi connectivity index (χ1n) is 10.1. The Balaban J connectivity index is 1.44. The van der Waals surface area contributed by atoms with Crippen LogP contribution in [0.2, 0.25) is 0 Å². The average Bonchev–Trinajstić information content (AvgIpc) is 3.55. The number of thioether (sulfide) groups is 2. The van der Waals surface area contributed by atoms with Gasteiger partial charge in [0.1, 0.15) is 16.3 Å². The fourth-order valence-electron chi connectivity index (χ4n) is 3.74. The van der Waals surface area contributed by atoms with Crippen molar-refractivity contribution in [2.45, 2.75) is 15.9 Å². The van der Waals surface area contributed by atoms with Gasteiger partial charge in [0.15, 0.2) is 5.82 Å². The Labute approximate surface area is 200 Å². The molecule has 4 aromatic rings. The normalized spacial score (nSPS) is 15.7. The first-order chi connectivity index (χ1) is 15.8. The summed E-state index contributed by atoms with van der Waals surface area (Å²) >= 11 is 3.81. The molecular weight excluding hydrogens is 480 g/mol. The molecule has 0 saturated carbocycles. The number of benzene rings is 1. The molecule has 0 aliphatic carbocycles. The van der Waals surface area contributed by atoms with E-state index in [1.54, 1.807) is 34.7 Å². The van der Waals surface area contributed by atoms with E-state index < -0.39 is 10.0 Å². The summed E-state index contributed by atoms with van der Waals surface area (Å²) in [6.45, 7) is 2.20. The maximum Gasteiger partial charge on any atom is 0.263 e. The number of pyridine rings is 1. The third-order valence-electron chi connectivity index (χ3n) is 5.53. The van der Waals surface area contributed by atoms with E-state index in [-0.39, 0.29) is 8.97 Å². The molecule has 0 unspecified atom stereocenters. The number of fused-ring (bicyclic) bond motifs is 1. The number of methoxy groups -OCH3 is 1. The predicted molar refractivity (Wildman–Crippen MR) is 132 cm³/mol. The van der Waals surface area contributed by atoms with Gasteiger partial charge in [0.2, 0.25) is 0 Å². The SMILES string of the molecule is COc1ccc2cnn(C)c2c1NS(=O)(=O)c1ccc(-n2cc(C3(C)SCCS3)cn2)nc1. The van der Waals surface area contributed by atoms with Crippen LogP contribution >= 0.6 is 23.5 Å².